The van der Waals surface area contributed by atoms with Crippen LogP contribution in [0.5, 0.6) is 0 Å². The summed E-state index contributed by atoms with van der Waals surface area (Å²) in [5.74, 6) is 5.34. The summed E-state index contributed by atoms with van der Waals surface area (Å²) < 4.78 is 16.0. The van der Waals surface area contributed by atoms with Gasteiger partial charge in [0.1, 0.15) is 5.82 Å². The molecule has 21 heavy (non-hydrogen) atoms. The highest BCUT2D eigenvalue weighted by atomic mass is 79.9. The zero-order chi connectivity index (χ0) is 15.6. The van der Waals surface area contributed by atoms with Gasteiger partial charge in [-0.3, -0.25) is 16.0 Å². The van der Waals surface area contributed by atoms with Crippen molar-refractivity contribution in [3.8, 4) is 0 Å². The Hall–Kier alpha value is -0.950. The van der Waals surface area contributed by atoms with E-state index in [0.29, 0.717) is 11.4 Å². The molecule has 2 aromatic rings. The third-order valence-corrected chi connectivity index (χ3v) is 4.59. The van der Waals surface area contributed by atoms with E-state index in [-0.39, 0.29) is 11.9 Å². The van der Waals surface area contributed by atoms with Gasteiger partial charge in [-0.25, -0.2) is 4.39 Å². The number of nitrogens with zero attached hydrogens (tertiary/aromatic N) is 2. The fourth-order valence-corrected chi connectivity index (χ4v) is 3.17. The molecule has 3 N–H and O–H groups in total. The first-order valence-corrected chi connectivity index (χ1v) is 7.76. The van der Waals surface area contributed by atoms with E-state index in [9.17, 15) is 4.39 Å². The third kappa shape index (κ3) is 3.45. The Balaban J connectivity index is 2.36. The van der Waals surface area contributed by atoms with Crippen molar-refractivity contribution in [2.24, 2.45) is 12.9 Å². The zero-order valence-electron chi connectivity index (χ0n) is 11.8. The summed E-state index contributed by atoms with van der Waals surface area (Å²) in [5.41, 5.74) is 5.18. The molecular formula is C14H17BrClFN4. The first kappa shape index (κ1) is 16.4. The SMILES string of the molecule is CCc1nn(C)c(CC(NN)c2cc(F)ccc2Br)c1Cl. The first-order chi connectivity index (χ1) is 9.97. The Morgan fingerprint density at radius 1 is 1.52 bits per heavy atom. The number of aryl methyl sites for hydroxylation is 2. The maximum absolute atomic E-state index is 13.5. The van der Waals surface area contributed by atoms with Crippen molar-refractivity contribution < 1.29 is 4.39 Å². The molecule has 1 unspecified atom stereocenters. The van der Waals surface area contributed by atoms with E-state index in [1.165, 1.54) is 12.1 Å². The first-order valence-electron chi connectivity index (χ1n) is 6.59. The van der Waals surface area contributed by atoms with E-state index in [1.54, 1.807) is 10.7 Å². The zero-order valence-corrected chi connectivity index (χ0v) is 14.2. The summed E-state index contributed by atoms with van der Waals surface area (Å²) in [4.78, 5) is 0. The van der Waals surface area contributed by atoms with E-state index in [2.05, 4.69) is 26.5 Å². The molecular weight excluding hydrogens is 359 g/mol. The van der Waals surface area contributed by atoms with Crippen molar-refractivity contribution in [2.75, 3.05) is 0 Å². The van der Waals surface area contributed by atoms with Gasteiger partial charge in [-0.15, -0.1) is 0 Å². The second kappa shape index (κ2) is 6.87. The van der Waals surface area contributed by atoms with Crippen molar-refractivity contribution in [1.29, 1.82) is 0 Å². The molecule has 1 heterocycles. The highest BCUT2D eigenvalue weighted by Crippen LogP contribution is 2.30. The smallest absolute Gasteiger partial charge is 0.123 e. The third-order valence-electron chi connectivity index (χ3n) is 3.44. The quantitative estimate of drug-likeness (QED) is 0.623. The van der Waals surface area contributed by atoms with E-state index in [4.69, 9.17) is 17.4 Å². The monoisotopic (exact) mass is 374 g/mol. The number of benzene rings is 1. The Morgan fingerprint density at radius 2 is 2.24 bits per heavy atom. The predicted molar refractivity (Wildman–Crippen MR) is 85.5 cm³/mol. The Bertz CT molecular complexity index is 644. The Labute approximate surface area is 136 Å². The van der Waals surface area contributed by atoms with Gasteiger partial charge in [0.05, 0.1) is 22.5 Å². The van der Waals surface area contributed by atoms with E-state index >= 15 is 0 Å². The minimum absolute atomic E-state index is 0.271. The van der Waals surface area contributed by atoms with Crippen LogP contribution >= 0.6 is 27.5 Å². The Morgan fingerprint density at radius 3 is 2.81 bits per heavy atom. The summed E-state index contributed by atoms with van der Waals surface area (Å²) in [6.45, 7) is 2.00. The van der Waals surface area contributed by atoms with Crippen molar-refractivity contribution in [2.45, 2.75) is 25.8 Å². The molecule has 4 nitrogen and oxygen atoms in total. The minimum Gasteiger partial charge on any atom is -0.271 e. The molecule has 0 aliphatic carbocycles. The number of nitrogens with one attached hydrogen (secondary N) is 1. The number of hydrazine groups is 1. The molecule has 0 spiro atoms. The van der Waals surface area contributed by atoms with Gasteiger partial charge in [0.15, 0.2) is 0 Å². The van der Waals surface area contributed by atoms with Gasteiger partial charge in [0.2, 0.25) is 0 Å². The van der Waals surface area contributed by atoms with E-state index in [0.717, 1.165) is 27.8 Å². The molecule has 0 radical (unpaired) electrons. The van der Waals surface area contributed by atoms with Crippen LogP contribution in [0.3, 0.4) is 0 Å². The van der Waals surface area contributed by atoms with Crippen LogP contribution in [0.25, 0.3) is 0 Å². The van der Waals surface area contributed by atoms with Crippen LogP contribution in [-0.4, -0.2) is 9.78 Å². The van der Waals surface area contributed by atoms with Gasteiger partial charge >= 0.3 is 0 Å². The normalized spacial score (nSPS) is 12.7. The fraction of sp³-hybridized carbons (Fsp3) is 0.357. The Kier molecular flexibility index (Phi) is 5.37. The highest BCUT2D eigenvalue weighted by Gasteiger charge is 2.20. The molecule has 2 rings (SSSR count). The van der Waals surface area contributed by atoms with Crippen molar-refractivity contribution in [3.63, 3.8) is 0 Å². The van der Waals surface area contributed by atoms with Crippen molar-refractivity contribution >= 4 is 27.5 Å². The lowest BCUT2D eigenvalue weighted by Crippen LogP contribution is -2.30. The summed E-state index contributed by atoms with van der Waals surface area (Å²) in [5, 5.41) is 5.03. The number of halogens is 3. The lowest BCUT2D eigenvalue weighted by Gasteiger charge is -2.18. The van der Waals surface area contributed by atoms with Gasteiger partial charge < -0.3 is 0 Å². The molecule has 0 aliphatic heterocycles. The summed E-state index contributed by atoms with van der Waals surface area (Å²) >= 11 is 9.78. The number of nitrogens with two attached hydrogens (primary N) is 1. The lowest BCUT2D eigenvalue weighted by molar-refractivity contribution is 0.523. The molecule has 0 aliphatic rings. The van der Waals surface area contributed by atoms with Crippen LogP contribution in [0.2, 0.25) is 5.02 Å². The molecule has 0 saturated heterocycles. The van der Waals surface area contributed by atoms with Crippen LogP contribution < -0.4 is 11.3 Å². The summed E-state index contributed by atoms with van der Waals surface area (Å²) in [6, 6.07) is 4.25. The van der Waals surface area contributed by atoms with Crippen LogP contribution in [0.15, 0.2) is 22.7 Å². The van der Waals surface area contributed by atoms with Crippen LogP contribution in [0.1, 0.15) is 29.9 Å². The standard InChI is InChI=1S/C14H17BrClFN4/c1-3-11-14(16)13(21(2)20-11)7-12(19-18)9-6-8(17)4-5-10(9)15/h4-6,12,19H,3,7,18H2,1-2H3. The molecule has 0 amide bonds. The average molecular weight is 376 g/mol. The predicted octanol–water partition coefficient (Wildman–Crippen LogP) is 3.28. The van der Waals surface area contributed by atoms with Crippen LogP contribution in [0, 0.1) is 5.82 Å². The maximum Gasteiger partial charge on any atom is 0.123 e. The van der Waals surface area contributed by atoms with Crippen LogP contribution in [-0.2, 0) is 19.9 Å². The second-order valence-electron chi connectivity index (χ2n) is 4.77. The van der Waals surface area contributed by atoms with Gasteiger partial charge in [-0.05, 0) is 30.2 Å². The molecule has 1 aromatic carbocycles. The molecule has 7 heteroatoms. The number of hydrogen-bond acceptors (Lipinski definition) is 3. The maximum atomic E-state index is 13.5. The molecule has 0 fully saturated rings. The molecule has 1 atom stereocenters. The second-order valence-corrected chi connectivity index (χ2v) is 6.01. The summed E-state index contributed by atoms with van der Waals surface area (Å²) in [6.07, 6.45) is 1.28. The largest absolute Gasteiger partial charge is 0.271 e. The van der Waals surface area contributed by atoms with Crippen molar-refractivity contribution in [1.82, 2.24) is 15.2 Å². The molecule has 0 bridgehead atoms. The highest BCUT2D eigenvalue weighted by molar-refractivity contribution is 9.10. The van der Waals surface area contributed by atoms with Crippen LogP contribution in [0.4, 0.5) is 4.39 Å². The van der Waals surface area contributed by atoms with E-state index in [1.807, 2.05) is 14.0 Å². The van der Waals surface area contributed by atoms with Crippen molar-refractivity contribution in [3.05, 3.63) is 50.5 Å². The topological polar surface area (TPSA) is 55.9 Å². The van der Waals surface area contributed by atoms with Gasteiger partial charge in [-0.1, -0.05) is 34.5 Å². The van der Waals surface area contributed by atoms with Gasteiger partial charge in [0, 0.05) is 17.9 Å². The molecule has 1 aromatic heterocycles. The number of hydrogen-bond donors (Lipinski definition) is 2. The minimum atomic E-state index is -0.307. The molecule has 114 valence electrons. The average Bonchev–Trinajstić information content (AvgIpc) is 2.74. The number of aromatic nitrogens is 2. The molecule has 0 saturated carbocycles. The summed E-state index contributed by atoms with van der Waals surface area (Å²) in [7, 11) is 1.84. The van der Waals surface area contributed by atoms with Gasteiger partial charge in [-0.2, -0.15) is 5.10 Å². The fourth-order valence-electron chi connectivity index (χ4n) is 2.28. The van der Waals surface area contributed by atoms with E-state index < -0.39 is 0 Å². The van der Waals surface area contributed by atoms with Gasteiger partial charge in [0.25, 0.3) is 0 Å². The lowest BCUT2D eigenvalue weighted by atomic mass is 10.0. The number of rotatable bonds is 5.